The van der Waals surface area contributed by atoms with Crippen LogP contribution in [0.5, 0.6) is 0 Å². The Morgan fingerprint density at radius 2 is 1.87 bits per heavy atom. The molecule has 0 bridgehead atoms. The lowest BCUT2D eigenvalue weighted by molar-refractivity contribution is 0.122. The zero-order chi connectivity index (χ0) is 10.5. The van der Waals surface area contributed by atoms with Gasteiger partial charge in [-0.25, -0.2) is 0 Å². The number of anilines is 1. The Morgan fingerprint density at radius 1 is 1.20 bits per heavy atom. The van der Waals surface area contributed by atoms with Gasteiger partial charge in [-0.1, -0.05) is 12.1 Å². The molecule has 1 aliphatic rings. The molecule has 3 nitrogen and oxygen atoms in total. The van der Waals surface area contributed by atoms with Crippen LogP contribution in [-0.2, 0) is 26.4 Å². The van der Waals surface area contributed by atoms with Gasteiger partial charge in [0, 0.05) is 28.5 Å². The van der Waals surface area contributed by atoms with Gasteiger partial charge in [-0.2, -0.15) is 0 Å². The van der Waals surface area contributed by atoms with E-state index < -0.39 is 0 Å². The lowest BCUT2D eigenvalue weighted by atomic mass is 10.2. The molecule has 1 aromatic rings. The van der Waals surface area contributed by atoms with Crippen LogP contribution in [-0.4, -0.2) is 26.3 Å². The van der Waals surface area contributed by atoms with E-state index in [9.17, 15) is 4.21 Å². The molecular formula is C11H14NO2S+. The SMILES string of the molecule is O=[S+]Cc1ccc(N2CCOCC2)cc1. The van der Waals surface area contributed by atoms with Crippen molar-refractivity contribution in [2.45, 2.75) is 5.75 Å². The van der Waals surface area contributed by atoms with Gasteiger partial charge in [0.05, 0.1) is 13.2 Å². The first-order valence-corrected chi connectivity index (χ1v) is 5.97. The van der Waals surface area contributed by atoms with E-state index in [0.717, 1.165) is 31.9 Å². The topological polar surface area (TPSA) is 29.5 Å². The number of nitrogens with zero attached hydrogens (tertiary/aromatic N) is 1. The molecule has 1 aliphatic heterocycles. The molecule has 0 N–H and O–H groups in total. The maximum atomic E-state index is 10.4. The zero-order valence-electron chi connectivity index (χ0n) is 8.52. The van der Waals surface area contributed by atoms with Crippen molar-refractivity contribution in [1.29, 1.82) is 0 Å². The highest BCUT2D eigenvalue weighted by Gasteiger charge is 2.11. The molecule has 0 unspecified atom stereocenters. The van der Waals surface area contributed by atoms with Crippen LogP contribution in [0.1, 0.15) is 5.56 Å². The highest BCUT2D eigenvalue weighted by molar-refractivity contribution is 7.64. The Bertz CT molecular complexity index is 320. The van der Waals surface area contributed by atoms with Crippen molar-refractivity contribution < 1.29 is 8.95 Å². The summed E-state index contributed by atoms with van der Waals surface area (Å²) in [5.41, 5.74) is 2.31. The van der Waals surface area contributed by atoms with Crippen LogP contribution in [0.4, 0.5) is 5.69 Å². The molecule has 1 fully saturated rings. The summed E-state index contributed by atoms with van der Waals surface area (Å²) in [6.07, 6.45) is 0. The van der Waals surface area contributed by atoms with E-state index in [1.807, 2.05) is 12.1 Å². The Kier molecular flexibility index (Phi) is 3.64. The summed E-state index contributed by atoms with van der Waals surface area (Å²) in [5.74, 6) is 0.545. The Morgan fingerprint density at radius 3 is 2.47 bits per heavy atom. The van der Waals surface area contributed by atoms with Crippen molar-refractivity contribution in [3.8, 4) is 0 Å². The molecule has 0 saturated carbocycles. The molecule has 1 heterocycles. The fraction of sp³-hybridized carbons (Fsp3) is 0.455. The second kappa shape index (κ2) is 5.19. The van der Waals surface area contributed by atoms with E-state index in [1.165, 1.54) is 5.69 Å². The predicted molar refractivity (Wildman–Crippen MR) is 61.2 cm³/mol. The smallest absolute Gasteiger partial charge is 0.378 e. The van der Waals surface area contributed by atoms with Crippen LogP contribution in [0.3, 0.4) is 0 Å². The van der Waals surface area contributed by atoms with Crippen molar-refractivity contribution in [3.05, 3.63) is 29.8 Å². The van der Waals surface area contributed by atoms with E-state index in [-0.39, 0.29) is 0 Å². The maximum absolute atomic E-state index is 10.4. The summed E-state index contributed by atoms with van der Waals surface area (Å²) < 4.78 is 15.7. The second-order valence-corrected chi connectivity index (χ2v) is 4.05. The number of morpholine rings is 1. The van der Waals surface area contributed by atoms with Gasteiger partial charge in [-0.05, 0) is 12.1 Å². The Hall–Kier alpha value is -1.00. The van der Waals surface area contributed by atoms with Gasteiger partial charge in [0.2, 0.25) is 0 Å². The second-order valence-electron chi connectivity index (χ2n) is 3.53. The molecular weight excluding hydrogens is 210 g/mol. The molecule has 0 amide bonds. The normalized spacial score (nSPS) is 16.4. The molecule has 2 rings (SSSR count). The minimum absolute atomic E-state index is 0.545. The third-order valence-electron chi connectivity index (χ3n) is 2.54. The van der Waals surface area contributed by atoms with Crippen LogP contribution >= 0.6 is 0 Å². The van der Waals surface area contributed by atoms with Crippen molar-refractivity contribution in [1.82, 2.24) is 0 Å². The standard InChI is InChI=1S/C11H14NO2S/c13-15-9-10-1-3-11(4-2-10)12-5-7-14-8-6-12/h1-4H,5-9H2/q+1. The van der Waals surface area contributed by atoms with Crippen LogP contribution in [0.25, 0.3) is 0 Å². The van der Waals surface area contributed by atoms with Crippen LogP contribution in [0.2, 0.25) is 0 Å². The number of rotatable bonds is 3. The van der Waals surface area contributed by atoms with E-state index in [0.29, 0.717) is 17.4 Å². The average Bonchev–Trinajstić information content (AvgIpc) is 2.32. The first-order chi connectivity index (χ1) is 7.40. The summed E-state index contributed by atoms with van der Waals surface area (Å²) in [7, 11) is 0. The van der Waals surface area contributed by atoms with E-state index >= 15 is 0 Å². The lowest BCUT2D eigenvalue weighted by Crippen LogP contribution is -2.36. The molecule has 1 saturated heterocycles. The fourth-order valence-corrected chi connectivity index (χ4v) is 2.02. The third kappa shape index (κ3) is 2.73. The summed E-state index contributed by atoms with van der Waals surface area (Å²) in [5, 5.41) is 0. The molecule has 80 valence electrons. The van der Waals surface area contributed by atoms with E-state index in [1.54, 1.807) is 0 Å². The van der Waals surface area contributed by atoms with Crippen molar-refractivity contribution in [2.24, 2.45) is 0 Å². The molecule has 0 aromatic heterocycles. The van der Waals surface area contributed by atoms with Gasteiger partial charge >= 0.3 is 11.7 Å². The molecule has 15 heavy (non-hydrogen) atoms. The van der Waals surface area contributed by atoms with Gasteiger partial charge in [0.25, 0.3) is 5.75 Å². The van der Waals surface area contributed by atoms with E-state index in [2.05, 4.69) is 17.0 Å². The molecule has 0 radical (unpaired) electrons. The minimum Gasteiger partial charge on any atom is -0.378 e. The lowest BCUT2D eigenvalue weighted by Gasteiger charge is -2.28. The van der Waals surface area contributed by atoms with Crippen LogP contribution in [0.15, 0.2) is 24.3 Å². The summed E-state index contributed by atoms with van der Waals surface area (Å²) in [6, 6.07) is 8.21. The molecule has 0 aliphatic carbocycles. The summed E-state index contributed by atoms with van der Waals surface area (Å²) in [6.45, 7) is 3.52. The highest BCUT2D eigenvalue weighted by Crippen LogP contribution is 2.16. The highest BCUT2D eigenvalue weighted by atomic mass is 32.1. The van der Waals surface area contributed by atoms with Crippen molar-refractivity contribution >= 4 is 17.4 Å². The van der Waals surface area contributed by atoms with Crippen LogP contribution in [0, 0.1) is 0 Å². The Labute approximate surface area is 93.5 Å². The first kappa shape index (κ1) is 10.5. The average molecular weight is 224 g/mol. The quantitative estimate of drug-likeness (QED) is 0.728. The molecule has 1 aromatic carbocycles. The molecule has 0 atom stereocenters. The van der Waals surface area contributed by atoms with Gasteiger partial charge in [0.15, 0.2) is 0 Å². The van der Waals surface area contributed by atoms with E-state index in [4.69, 9.17) is 4.74 Å². The molecule has 4 heteroatoms. The molecule has 0 spiro atoms. The number of hydrogen-bond acceptors (Lipinski definition) is 3. The van der Waals surface area contributed by atoms with Gasteiger partial charge in [-0.3, -0.25) is 0 Å². The number of benzene rings is 1. The van der Waals surface area contributed by atoms with Gasteiger partial charge < -0.3 is 9.64 Å². The summed E-state index contributed by atoms with van der Waals surface area (Å²) >= 11 is 0.613. The Balaban J connectivity index is 2.04. The zero-order valence-corrected chi connectivity index (χ0v) is 9.33. The first-order valence-electron chi connectivity index (χ1n) is 5.06. The third-order valence-corrected chi connectivity index (χ3v) is 2.99. The van der Waals surface area contributed by atoms with Crippen molar-refractivity contribution in [2.75, 3.05) is 31.2 Å². The minimum atomic E-state index is 0.545. The largest absolute Gasteiger partial charge is 0.463 e. The fourth-order valence-electron chi connectivity index (χ4n) is 1.69. The summed E-state index contributed by atoms with van der Waals surface area (Å²) in [4.78, 5) is 2.30. The van der Waals surface area contributed by atoms with Gasteiger partial charge in [-0.15, -0.1) is 0 Å². The monoisotopic (exact) mass is 224 g/mol. The number of ether oxygens (including phenoxy) is 1. The van der Waals surface area contributed by atoms with Crippen LogP contribution < -0.4 is 4.90 Å². The number of hydrogen-bond donors (Lipinski definition) is 0. The predicted octanol–water partition coefficient (Wildman–Crippen LogP) is 1.45. The van der Waals surface area contributed by atoms with Crippen molar-refractivity contribution in [3.63, 3.8) is 0 Å². The van der Waals surface area contributed by atoms with Gasteiger partial charge in [0.1, 0.15) is 0 Å². The maximum Gasteiger partial charge on any atom is 0.463 e.